The molecule has 78 valence electrons. The van der Waals surface area contributed by atoms with E-state index >= 15 is 0 Å². The van der Waals surface area contributed by atoms with Gasteiger partial charge in [-0.2, -0.15) is 5.26 Å². The number of likely N-dealkylation sites (tertiary alicyclic amines) is 1. The number of hydrogen-bond acceptors (Lipinski definition) is 3. The summed E-state index contributed by atoms with van der Waals surface area (Å²) in [6.07, 6.45) is 4.71. The van der Waals surface area contributed by atoms with E-state index < -0.39 is 0 Å². The standard InChI is InChI=1S/C11H19N3/c1-13-10-2-6-14(7-3-10)9-11(8-12)4-5-11/h10,13H,2-7,9H2,1H3. The number of hydrogen-bond donors (Lipinski definition) is 1. The molecule has 0 aromatic heterocycles. The highest BCUT2D eigenvalue weighted by Crippen LogP contribution is 2.45. The Bertz CT molecular complexity index is 231. The Labute approximate surface area is 86.1 Å². The topological polar surface area (TPSA) is 39.1 Å². The van der Waals surface area contributed by atoms with Crippen LogP contribution in [0.4, 0.5) is 0 Å². The van der Waals surface area contributed by atoms with E-state index in [1.54, 1.807) is 0 Å². The summed E-state index contributed by atoms with van der Waals surface area (Å²) in [5, 5.41) is 12.3. The average Bonchev–Trinajstić information content (AvgIpc) is 3.00. The molecule has 14 heavy (non-hydrogen) atoms. The third-order valence-electron chi connectivity index (χ3n) is 3.61. The molecule has 0 unspecified atom stereocenters. The summed E-state index contributed by atoms with van der Waals surface area (Å²) in [6, 6.07) is 3.17. The molecule has 0 aromatic rings. The summed E-state index contributed by atoms with van der Waals surface area (Å²) >= 11 is 0. The highest BCUT2D eigenvalue weighted by atomic mass is 15.2. The van der Waals surface area contributed by atoms with Gasteiger partial charge in [-0.3, -0.25) is 0 Å². The maximum atomic E-state index is 9.00. The normalized spacial score (nSPS) is 27.1. The molecule has 0 radical (unpaired) electrons. The fourth-order valence-electron chi connectivity index (χ4n) is 2.26. The highest BCUT2D eigenvalue weighted by Gasteiger charge is 2.44. The summed E-state index contributed by atoms with van der Waals surface area (Å²) in [7, 11) is 2.04. The second kappa shape index (κ2) is 3.88. The third-order valence-corrected chi connectivity index (χ3v) is 3.61. The first-order valence-electron chi connectivity index (χ1n) is 5.59. The van der Waals surface area contributed by atoms with Crippen LogP contribution in [-0.4, -0.2) is 37.6 Å². The van der Waals surface area contributed by atoms with Crippen LogP contribution in [0.5, 0.6) is 0 Å². The fourth-order valence-corrected chi connectivity index (χ4v) is 2.26. The lowest BCUT2D eigenvalue weighted by molar-refractivity contribution is 0.182. The fraction of sp³-hybridized carbons (Fsp3) is 0.909. The summed E-state index contributed by atoms with van der Waals surface area (Å²) in [5.41, 5.74) is 0.0481. The quantitative estimate of drug-likeness (QED) is 0.726. The number of nitrogens with one attached hydrogen (secondary N) is 1. The van der Waals surface area contributed by atoms with Crippen LogP contribution in [0.3, 0.4) is 0 Å². The van der Waals surface area contributed by atoms with E-state index in [-0.39, 0.29) is 5.41 Å². The van der Waals surface area contributed by atoms with E-state index in [1.165, 1.54) is 12.8 Å². The highest BCUT2D eigenvalue weighted by molar-refractivity contribution is 5.11. The molecule has 0 bridgehead atoms. The van der Waals surface area contributed by atoms with Crippen LogP contribution in [0.15, 0.2) is 0 Å². The second-order valence-corrected chi connectivity index (χ2v) is 4.73. The monoisotopic (exact) mass is 193 g/mol. The molecule has 2 aliphatic rings. The predicted octanol–water partition coefficient (Wildman–Crippen LogP) is 0.974. The summed E-state index contributed by atoms with van der Waals surface area (Å²) in [5.74, 6) is 0. The van der Waals surface area contributed by atoms with Crippen LogP contribution in [0.25, 0.3) is 0 Å². The molecular weight excluding hydrogens is 174 g/mol. The molecule has 0 amide bonds. The van der Waals surface area contributed by atoms with Crippen LogP contribution < -0.4 is 5.32 Å². The maximum absolute atomic E-state index is 9.00. The second-order valence-electron chi connectivity index (χ2n) is 4.73. The van der Waals surface area contributed by atoms with Gasteiger partial charge in [-0.05, 0) is 45.8 Å². The van der Waals surface area contributed by atoms with Crippen molar-refractivity contribution < 1.29 is 0 Å². The minimum absolute atomic E-state index is 0.0481. The molecule has 3 heteroatoms. The molecule has 1 aliphatic heterocycles. The van der Waals surface area contributed by atoms with Gasteiger partial charge in [0.1, 0.15) is 0 Å². The SMILES string of the molecule is CNC1CCN(CC2(C#N)CC2)CC1. The van der Waals surface area contributed by atoms with Crippen molar-refractivity contribution in [1.29, 1.82) is 5.26 Å². The minimum atomic E-state index is 0.0481. The Morgan fingerprint density at radius 2 is 2.07 bits per heavy atom. The smallest absolute Gasteiger partial charge is 0.0703 e. The first kappa shape index (κ1) is 9.95. The number of nitriles is 1. The van der Waals surface area contributed by atoms with Gasteiger partial charge in [0.15, 0.2) is 0 Å². The zero-order valence-corrected chi connectivity index (χ0v) is 8.92. The van der Waals surface area contributed by atoms with Crippen molar-refractivity contribution in [3.05, 3.63) is 0 Å². The Hall–Kier alpha value is -0.590. The van der Waals surface area contributed by atoms with Crippen LogP contribution in [0, 0.1) is 16.7 Å². The van der Waals surface area contributed by atoms with Crippen molar-refractivity contribution in [1.82, 2.24) is 10.2 Å². The van der Waals surface area contributed by atoms with Gasteiger partial charge >= 0.3 is 0 Å². The largest absolute Gasteiger partial charge is 0.317 e. The van der Waals surface area contributed by atoms with Crippen LogP contribution in [0.2, 0.25) is 0 Å². The molecule has 1 heterocycles. The molecular formula is C11H19N3. The molecule has 2 rings (SSSR count). The Morgan fingerprint density at radius 1 is 1.43 bits per heavy atom. The Kier molecular flexibility index (Phi) is 2.76. The lowest BCUT2D eigenvalue weighted by Gasteiger charge is -2.32. The van der Waals surface area contributed by atoms with Gasteiger partial charge in [0.2, 0.25) is 0 Å². The summed E-state index contributed by atoms with van der Waals surface area (Å²) in [6.45, 7) is 3.34. The number of piperidine rings is 1. The van der Waals surface area contributed by atoms with Gasteiger partial charge in [0.25, 0.3) is 0 Å². The molecule has 0 spiro atoms. The maximum Gasteiger partial charge on any atom is 0.0703 e. The zero-order valence-electron chi connectivity index (χ0n) is 8.92. The van der Waals surface area contributed by atoms with Crippen molar-refractivity contribution >= 4 is 0 Å². The predicted molar refractivity (Wildman–Crippen MR) is 55.8 cm³/mol. The van der Waals surface area contributed by atoms with Crippen LogP contribution >= 0.6 is 0 Å². The Morgan fingerprint density at radius 3 is 2.50 bits per heavy atom. The Balaban J connectivity index is 1.77. The van der Waals surface area contributed by atoms with Crippen molar-refractivity contribution in [2.24, 2.45) is 5.41 Å². The van der Waals surface area contributed by atoms with E-state index in [4.69, 9.17) is 5.26 Å². The van der Waals surface area contributed by atoms with E-state index in [0.29, 0.717) is 6.04 Å². The van der Waals surface area contributed by atoms with Gasteiger partial charge in [-0.25, -0.2) is 0 Å². The molecule has 1 saturated carbocycles. The first-order valence-corrected chi connectivity index (χ1v) is 5.59. The first-order chi connectivity index (χ1) is 6.78. The lowest BCUT2D eigenvalue weighted by atomic mass is 10.0. The van der Waals surface area contributed by atoms with Crippen molar-refractivity contribution in [3.8, 4) is 6.07 Å². The van der Waals surface area contributed by atoms with Gasteiger partial charge in [-0.1, -0.05) is 0 Å². The van der Waals surface area contributed by atoms with Gasteiger partial charge in [-0.15, -0.1) is 0 Å². The number of rotatable bonds is 3. The summed E-state index contributed by atoms with van der Waals surface area (Å²) in [4.78, 5) is 2.46. The molecule has 1 aliphatic carbocycles. The molecule has 3 nitrogen and oxygen atoms in total. The van der Waals surface area contributed by atoms with Crippen LogP contribution in [0.1, 0.15) is 25.7 Å². The zero-order chi connectivity index (χ0) is 10.0. The third kappa shape index (κ3) is 2.08. The van der Waals surface area contributed by atoms with E-state index in [0.717, 1.165) is 32.5 Å². The van der Waals surface area contributed by atoms with E-state index in [1.807, 2.05) is 7.05 Å². The lowest BCUT2D eigenvalue weighted by Crippen LogP contribution is -2.43. The van der Waals surface area contributed by atoms with Gasteiger partial charge < -0.3 is 10.2 Å². The van der Waals surface area contributed by atoms with Crippen molar-refractivity contribution in [3.63, 3.8) is 0 Å². The van der Waals surface area contributed by atoms with Gasteiger partial charge in [0, 0.05) is 12.6 Å². The summed E-state index contributed by atoms with van der Waals surface area (Å²) < 4.78 is 0. The van der Waals surface area contributed by atoms with E-state index in [9.17, 15) is 0 Å². The molecule has 0 aromatic carbocycles. The minimum Gasteiger partial charge on any atom is -0.317 e. The van der Waals surface area contributed by atoms with E-state index in [2.05, 4.69) is 16.3 Å². The average molecular weight is 193 g/mol. The number of nitrogens with zero attached hydrogens (tertiary/aromatic N) is 2. The van der Waals surface area contributed by atoms with Crippen molar-refractivity contribution in [2.75, 3.05) is 26.7 Å². The molecule has 0 atom stereocenters. The van der Waals surface area contributed by atoms with Crippen LogP contribution in [-0.2, 0) is 0 Å². The van der Waals surface area contributed by atoms with Gasteiger partial charge in [0.05, 0.1) is 11.5 Å². The molecule has 1 N–H and O–H groups in total. The van der Waals surface area contributed by atoms with Crippen molar-refractivity contribution in [2.45, 2.75) is 31.7 Å². The molecule has 2 fully saturated rings. The molecule has 1 saturated heterocycles.